The van der Waals surface area contributed by atoms with Crippen LogP contribution in [0.5, 0.6) is 0 Å². The fraction of sp³-hybridized carbons (Fsp3) is 0.462. The predicted octanol–water partition coefficient (Wildman–Crippen LogP) is 4.13. The molecular weight excluding hydrogens is 339 g/mol. The Morgan fingerprint density at radius 1 is 1.35 bits per heavy atom. The maximum Gasteiger partial charge on any atom is 0.418 e. The van der Waals surface area contributed by atoms with Gasteiger partial charge in [0.05, 0.1) is 11.5 Å². The van der Waals surface area contributed by atoms with E-state index in [9.17, 15) is 18.0 Å². The lowest BCUT2D eigenvalue weighted by Crippen LogP contribution is -2.20. The number of alkyl halides is 3. The molecule has 1 aliphatic carbocycles. The van der Waals surface area contributed by atoms with E-state index in [1.165, 1.54) is 12.1 Å². The summed E-state index contributed by atoms with van der Waals surface area (Å²) in [5.41, 5.74) is -0.748. The molecule has 2 unspecified atom stereocenters. The van der Waals surface area contributed by atoms with Crippen LogP contribution in [0.4, 0.5) is 18.9 Å². The number of carbonyl (C=O) groups is 1. The molecule has 2 atom stereocenters. The molecular formula is C13H13BrF3NO2. The molecule has 0 amide bonds. The number of anilines is 1. The van der Waals surface area contributed by atoms with E-state index < -0.39 is 23.6 Å². The van der Waals surface area contributed by atoms with Gasteiger partial charge in [0.15, 0.2) is 0 Å². The van der Waals surface area contributed by atoms with Gasteiger partial charge in [0.25, 0.3) is 0 Å². The van der Waals surface area contributed by atoms with E-state index >= 15 is 0 Å². The average Bonchev–Trinajstić information content (AvgIpc) is 2.79. The standard InChI is InChI=1S/C13H13BrF3NO2/c14-8-2-4-11(10(6-8)13(15,16)17)18-9-3-1-7(5-9)12(19)20/h2,4,6-7,9,18H,1,3,5H2,(H,19,20). The van der Waals surface area contributed by atoms with Gasteiger partial charge < -0.3 is 10.4 Å². The van der Waals surface area contributed by atoms with Crippen LogP contribution < -0.4 is 5.32 Å². The van der Waals surface area contributed by atoms with E-state index in [2.05, 4.69) is 21.2 Å². The van der Waals surface area contributed by atoms with Crippen molar-refractivity contribution in [1.29, 1.82) is 0 Å². The van der Waals surface area contributed by atoms with Crippen LogP contribution >= 0.6 is 15.9 Å². The summed E-state index contributed by atoms with van der Waals surface area (Å²) in [7, 11) is 0. The minimum absolute atomic E-state index is 0.00302. The number of hydrogen-bond acceptors (Lipinski definition) is 2. The smallest absolute Gasteiger partial charge is 0.418 e. The normalized spacial score (nSPS) is 22.8. The lowest BCUT2D eigenvalue weighted by molar-refractivity contribution is -0.141. The zero-order valence-electron chi connectivity index (χ0n) is 10.4. The largest absolute Gasteiger partial charge is 0.481 e. The van der Waals surface area contributed by atoms with Gasteiger partial charge in [0.2, 0.25) is 0 Å². The summed E-state index contributed by atoms with van der Waals surface area (Å²) < 4.78 is 39.2. The van der Waals surface area contributed by atoms with E-state index in [0.717, 1.165) is 6.07 Å². The molecule has 110 valence electrons. The molecule has 1 aliphatic rings. The monoisotopic (exact) mass is 351 g/mol. The zero-order valence-corrected chi connectivity index (χ0v) is 12.0. The maximum atomic E-state index is 13.0. The van der Waals surface area contributed by atoms with Crippen LogP contribution in [0.15, 0.2) is 22.7 Å². The number of hydrogen-bond donors (Lipinski definition) is 2. The number of nitrogens with one attached hydrogen (secondary N) is 1. The second-order valence-corrected chi connectivity index (χ2v) is 5.79. The Balaban J connectivity index is 2.16. The number of benzene rings is 1. The molecule has 7 heteroatoms. The third-order valence-corrected chi connectivity index (χ3v) is 3.92. The Labute approximate surface area is 122 Å². The molecule has 1 saturated carbocycles. The van der Waals surface area contributed by atoms with Gasteiger partial charge in [-0.15, -0.1) is 0 Å². The number of rotatable bonds is 3. The number of halogens is 4. The summed E-state index contributed by atoms with van der Waals surface area (Å²) in [4.78, 5) is 10.9. The fourth-order valence-corrected chi connectivity index (χ4v) is 2.79. The first-order valence-corrected chi connectivity index (χ1v) is 6.93. The Morgan fingerprint density at radius 3 is 2.60 bits per heavy atom. The van der Waals surface area contributed by atoms with Crippen LogP contribution in [0.2, 0.25) is 0 Å². The molecule has 1 aromatic rings. The molecule has 0 radical (unpaired) electrons. The summed E-state index contributed by atoms with van der Waals surface area (Å²) in [5, 5.41) is 11.7. The topological polar surface area (TPSA) is 49.3 Å². The van der Waals surface area contributed by atoms with Crippen LogP contribution in [-0.4, -0.2) is 17.1 Å². The first-order chi connectivity index (χ1) is 9.27. The van der Waals surface area contributed by atoms with Gasteiger partial charge in [-0.3, -0.25) is 4.79 Å². The number of carboxylic acid groups (broad SMARTS) is 1. The highest BCUT2D eigenvalue weighted by Crippen LogP contribution is 2.38. The lowest BCUT2D eigenvalue weighted by atomic mass is 10.1. The Kier molecular flexibility index (Phi) is 4.27. The predicted molar refractivity (Wildman–Crippen MR) is 71.5 cm³/mol. The van der Waals surface area contributed by atoms with Crippen molar-refractivity contribution in [2.45, 2.75) is 31.5 Å². The van der Waals surface area contributed by atoms with Crippen molar-refractivity contribution < 1.29 is 23.1 Å². The molecule has 2 rings (SSSR count). The summed E-state index contributed by atoms with van der Waals surface area (Å²) in [5.74, 6) is -1.36. The first-order valence-electron chi connectivity index (χ1n) is 6.13. The summed E-state index contributed by atoms with van der Waals surface area (Å²) in [6, 6.07) is 3.67. The number of aliphatic carboxylic acids is 1. The van der Waals surface area contributed by atoms with Gasteiger partial charge in [-0.25, -0.2) is 0 Å². The summed E-state index contributed by atoms with van der Waals surface area (Å²) in [6.45, 7) is 0. The molecule has 20 heavy (non-hydrogen) atoms. The van der Waals surface area contributed by atoms with Gasteiger partial charge in [-0.1, -0.05) is 15.9 Å². The lowest BCUT2D eigenvalue weighted by Gasteiger charge is -2.19. The Morgan fingerprint density at radius 2 is 2.05 bits per heavy atom. The molecule has 0 aromatic heterocycles. The van der Waals surface area contributed by atoms with Gasteiger partial charge in [0.1, 0.15) is 0 Å². The van der Waals surface area contributed by atoms with E-state index in [-0.39, 0.29) is 11.7 Å². The molecule has 0 bridgehead atoms. The second-order valence-electron chi connectivity index (χ2n) is 4.88. The Hall–Kier alpha value is -1.24. The van der Waals surface area contributed by atoms with Crippen molar-refractivity contribution >= 4 is 27.6 Å². The van der Waals surface area contributed by atoms with Gasteiger partial charge in [-0.2, -0.15) is 13.2 Å². The zero-order chi connectivity index (χ0) is 14.9. The van der Waals surface area contributed by atoms with Crippen molar-refractivity contribution in [1.82, 2.24) is 0 Å². The minimum atomic E-state index is -4.45. The summed E-state index contributed by atoms with van der Waals surface area (Å²) in [6.07, 6.45) is -3.05. The van der Waals surface area contributed by atoms with E-state index in [1.807, 2.05) is 0 Å². The SMILES string of the molecule is O=C(O)C1CCC(Nc2ccc(Br)cc2C(F)(F)F)C1. The van der Waals surface area contributed by atoms with Gasteiger partial charge in [-0.05, 0) is 37.5 Å². The van der Waals surface area contributed by atoms with Crippen molar-refractivity contribution in [2.75, 3.05) is 5.32 Å². The second kappa shape index (κ2) is 5.63. The highest BCUT2D eigenvalue weighted by Gasteiger charge is 2.35. The molecule has 0 saturated heterocycles. The third-order valence-electron chi connectivity index (χ3n) is 3.43. The first kappa shape index (κ1) is 15.2. The van der Waals surface area contributed by atoms with Crippen molar-refractivity contribution in [3.05, 3.63) is 28.2 Å². The molecule has 0 heterocycles. The highest BCUT2D eigenvalue weighted by atomic mass is 79.9. The minimum Gasteiger partial charge on any atom is -0.481 e. The molecule has 2 N–H and O–H groups in total. The third kappa shape index (κ3) is 3.45. The highest BCUT2D eigenvalue weighted by molar-refractivity contribution is 9.10. The fourth-order valence-electron chi connectivity index (χ4n) is 2.43. The van der Waals surface area contributed by atoms with Crippen LogP contribution in [0, 0.1) is 5.92 Å². The maximum absolute atomic E-state index is 13.0. The number of carboxylic acids is 1. The van der Waals surface area contributed by atoms with E-state index in [1.54, 1.807) is 0 Å². The Bertz CT molecular complexity index is 519. The van der Waals surface area contributed by atoms with Crippen molar-refractivity contribution in [3.8, 4) is 0 Å². The molecule has 1 fully saturated rings. The van der Waals surface area contributed by atoms with Crippen molar-refractivity contribution in [3.63, 3.8) is 0 Å². The van der Waals surface area contributed by atoms with Crippen LogP contribution in [0.3, 0.4) is 0 Å². The molecule has 1 aromatic carbocycles. The summed E-state index contributed by atoms with van der Waals surface area (Å²) >= 11 is 3.02. The molecule has 0 spiro atoms. The van der Waals surface area contributed by atoms with Crippen LogP contribution in [-0.2, 0) is 11.0 Å². The van der Waals surface area contributed by atoms with Crippen molar-refractivity contribution in [2.24, 2.45) is 5.92 Å². The quantitative estimate of drug-likeness (QED) is 0.860. The van der Waals surface area contributed by atoms with Gasteiger partial charge >= 0.3 is 12.1 Å². The van der Waals surface area contributed by atoms with Crippen LogP contribution in [0.1, 0.15) is 24.8 Å². The van der Waals surface area contributed by atoms with E-state index in [0.29, 0.717) is 23.7 Å². The van der Waals surface area contributed by atoms with Gasteiger partial charge in [0, 0.05) is 16.2 Å². The average molecular weight is 352 g/mol. The molecule has 0 aliphatic heterocycles. The molecule has 3 nitrogen and oxygen atoms in total. The van der Waals surface area contributed by atoms with Crippen LogP contribution in [0.25, 0.3) is 0 Å². The van der Waals surface area contributed by atoms with E-state index in [4.69, 9.17) is 5.11 Å².